The Bertz CT molecular complexity index is 2340. The minimum Gasteiger partial charge on any atom is -0.398 e. The van der Waals surface area contributed by atoms with Crippen molar-refractivity contribution in [2.45, 2.75) is 41.0 Å². The van der Waals surface area contributed by atoms with Crippen LogP contribution < -0.4 is 11.1 Å². The third-order valence-electron chi connectivity index (χ3n) is 9.00. The number of aromatic nitrogens is 1. The van der Waals surface area contributed by atoms with E-state index in [0.29, 0.717) is 5.92 Å². The molecule has 4 aromatic carbocycles. The number of hydrogen-bond donors (Lipinski definition) is 2. The highest BCUT2D eigenvalue weighted by atomic mass is 15.0. The van der Waals surface area contributed by atoms with Crippen LogP contribution in [-0.2, 0) is 0 Å². The predicted octanol–water partition coefficient (Wildman–Crippen LogP) is 14.1. The Hall–Kier alpha value is -6.32. The maximum atomic E-state index is 6.48. The average molecular weight is 708 g/mol. The largest absolute Gasteiger partial charge is 0.398 e. The fraction of sp³-hybridized carbons (Fsp3) is 0.137. The number of fused-ring (bicyclic) bond motifs is 3. The van der Waals surface area contributed by atoms with Crippen LogP contribution in [0.2, 0.25) is 0 Å². The van der Waals surface area contributed by atoms with E-state index < -0.39 is 0 Å². The maximum absolute atomic E-state index is 6.48. The van der Waals surface area contributed by atoms with E-state index in [0.717, 1.165) is 68.1 Å². The highest BCUT2D eigenvalue weighted by Gasteiger charge is 2.14. The van der Waals surface area contributed by atoms with Gasteiger partial charge in [-0.3, -0.25) is 0 Å². The van der Waals surface area contributed by atoms with E-state index in [1.165, 1.54) is 10.8 Å². The molecule has 0 amide bonds. The van der Waals surface area contributed by atoms with Crippen LogP contribution in [0, 0.1) is 5.92 Å². The molecule has 5 rings (SSSR count). The van der Waals surface area contributed by atoms with Crippen LogP contribution in [0.15, 0.2) is 200 Å². The molecule has 1 heterocycles. The van der Waals surface area contributed by atoms with Gasteiger partial charge in [-0.15, -0.1) is 0 Å². The van der Waals surface area contributed by atoms with Crippen LogP contribution in [-0.4, -0.2) is 4.57 Å². The molecular weight excluding hydrogens is 655 g/mol. The molecule has 0 spiro atoms. The van der Waals surface area contributed by atoms with Crippen LogP contribution >= 0.6 is 0 Å². The third-order valence-corrected chi connectivity index (χ3v) is 9.00. The van der Waals surface area contributed by atoms with E-state index >= 15 is 0 Å². The zero-order chi connectivity index (χ0) is 38.3. The molecule has 0 atom stereocenters. The second kappa shape index (κ2) is 19.5. The molecule has 272 valence electrons. The Kier molecular flexibility index (Phi) is 14.0. The SMILES string of the molecule is C=C/C=C(\C=C(/C)c1ccccc1Nc1ccccc1)c1ccc2c(c1)c1ccccc1n2C(/C=C\C)=C/C=C/C/C=C(N)/C(/C=C\C)=C/C=C/C(C)C. The minimum atomic E-state index is 0.492. The molecule has 3 nitrogen and oxygen atoms in total. The molecular formula is C51H53N3. The average Bonchev–Trinajstić information content (AvgIpc) is 3.50. The quantitative estimate of drug-likeness (QED) is 0.106. The molecule has 1 aromatic heterocycles. The van der Waals surface area contributed by atoms with Gasteiger partial charge in [-0.25, -0.2) is 0 Å². The number of allylic oxidation sites excluding steroid dienone is 17. The van der Waals surface area contributed by atoms with Crippen molar-refractivity contribution >= 4 is 50.0 Å². The van der Waals surface area contributed by atoms with E-state index in [4.69, 9.17) is 5.73 Å². The molecule has 0 saturated carbocycles. The number of benzene rings is 4. The number of rotatable bonds is 15. The molecule has 0 aliphatic carbocycles. The Labute approximate surface area is 322 Å². The summed E-state index contributed by atoms with van der Waals surface area (Å²) in [6, 6.07) is 34.1. The number of anilines is 2. The Morgan fingerprint density at radius 3 is 2.28 bits per heavy atom. The number of hydrogen-bond acceptors (Lipinski definition) is 2. The normalized spacial score (nSPS) is 13.9. The van der Waals surface area contributed by atoms with Crippen LogP contribution in [0.25, 0.3) is 38.6 Å². The Balaban J connectivity index is 1.49. The molecule has 5 aromatic rings. The van der Waals surface area contributed by atoms with Crippen molar-refractivity contribution in [2.24, 2.45) is 11.7 Å². The second-order valence-electron chi connectivity index (χ2n) is 13.5. The minimum absolute atomic E-state index is 0.492. The van der Waals surface area contributed by atoms with Crippen LogP contribution in [0.4, 0.5) is 11.4 Å². The molecule has 54 heavy (non-hydrogen) atoms. The number of nitrogens with zero attached hydrogens (tertiary/aromatic N) is 1. The predicted molar refractivity (Wildman–Crippen MR) is 239 cm³/mol. The van der Waals surface area contributed by atoms with Crippen molar-refractivity contribution in [1.29, 1.82) is 0 Å². The van der Waals surface area contributed by atoms with Gasteiger partial charge in [0.05, 0.1) is 11.0 Å². The monoisotopic (exact) mass is 707 g/mol. The molecule has 0 aliphatic rings. The molecule has 0 aliphatic heterocycles. The molecule has 0 saturated heterocycles. The summed E-state index contributed by atoms with van der Waals surface area (Å²) in [4.78, 5) is 0. The van der Waals surface area contributed by atoms with Gasteiger partial charge in [0.2, 0.25) is 0 Å². The van der Waals surface area contributed by atoms with Gasteiger partial charge in [-0.1, -0.05) is 154 Å². The van der Waals surface area contributed by atoms with Crippen molar-refractivity contribution in [3.05, 3.63) is 211 Å². The number of para-hydroxylation sites is 3. The molecule has 0 unspecified atom stereocenters. The first-order chi connectivity index (χ1) is 26.3. The Morgan fingerprint density at radius 2 is 1.52 bits per heavy atom. The first kappa shape index (κ1) is 38.9. The summed E-state index contributed by atoms with van der Waals surface area (Å²) in [6.07, 6.45) is 30.1. The summed E-state index contributed by atoms with van der Waals surface area (Å²) in [5.41, 5.74) is 18.3. The van der Waals surface area contributed by atoms with E-state index in [1.54, 1.807) is 0 Å². The third kappa shape index (κ3) is 9.96. The molecule has 3 heteroatoms. The van der Waals surface area contributed by atoms with Gasteiger partial charge in [-0.05, 0) is 104 Å². The van der Waals surface area contributed by atoms with Crippen molar-refractivity contribution in [3.8, 4) is 0 Å². The van der Waals surface area contributed by atoms with Gasteiger partial charge in [0.1, 0.15) is 0 Å². The molecule has 0 bridgehead atoms. The highest BCUT2D eigenvalue weighted by molar-refractivity contribution is 6.11. The number of nitrogens with one attached hydrogen (secondary N) is 1. The van der Waals surface area contributed by atoms with Crippen molar-refractivity contribution < 1.29 is 0 Å². The topological polar surface area (TPSA) is 43.0 Å². The lowest BCUT2D eigenvalue weighted by Gasteiger charge is -2.14. The van der Waals surface area contributed by atoms with E-state index in [1.807, 2.05) is 37.3 Å². The zero-order valence-corrected chi connectivity index (χ0v) is 32.3. The van der Waals surface area contributed by atoms with Gasteiger partial charge in [0.25, 0.3) is 0 Å². The van der Waals surface area contributed by atoms with Crippen molar-refractivity contribution in [2.75, 3.05) is 5.32 Å². The van der Waals surface area contributed by atoms with Gasteiger partial charge < -0.3 is 15.6 Å². The van der Waals surface area contributed by atoms with E-state index in [9.17, 15) is 0 Å². The molecule has 0 radical (unpaired) electrons. The molecule has 3 N–H and O–H groups in total. The lowest BCUT2D eigenvalue weighted by atomic mass is 9.97. The van der Waals surface area contributed by atoms with Crippen molar-refractivity contribution in [3.63, 3.8) is 0 Å². The number of nitrogens with two attached hydrogens (primary N) is 1. The zero-order valence-electron chi connectivity index (χ0n) is 32.3. The maximum Gasteiger partial charge on any atom is 0.0541 e. The standard InChI is InChI=1S/C51H53N3/c1-7-21-40(25-20-24-38(4)5)48(52)31-15-11-14-28-44(23-9-3)54-50-33-19-17-30-46(50)47-37-42(34-35-51(47)54)41(22-8-2)36-39(6)45-29-16-18-32-49(45)53-43-26-12-10-13-27-43/h7-14,16-38,53H,2,15,52H2,1,3-6H3/b14-11+,21-7-,23-9-,24-20+,39-36+,40-25+,41-22+,44-28+,48-31-. The van der Waals surface area contributed by atoms with Gasteiger partial charge in [0.15, 0.2) is 0 Å². The summed E-state index contributed by atoms with van der Waals surface area (Å²) in [5.74, 6) is 0.492. The summed E-state index contributed by atoms with van der Waals surface area (Å²) in [7, 11) is 0. The summed E-state index contributed by atoms with van der Waals surface area (Å²) >= 11 is 0. The fourth-order valence-electron chi connectivity index (χ4n) is 6.45. The van der Waals surface area contributed by atoms with Gasteiger partial charge in [0, 0.05) is 39.1 Å². The van der Waals surface area contributed by atoms with E-state index in [2.05, 4.69) is 196 Å². The fourth-order valence-corrected chi connectivity index (χ4v) is 6.45. The highest BCUT2D eigenvalue weighted by Crippen LogP contribution is 2.36. The van der Waals surface area contributed by atoms with Crippen LogP contribution in [0.1, 0.15) is 52.2 Å². The van der Waals surface area contributed by atoms with Crippen LogP contribution in [0.5, 0.6) is 0 Å². The first-order valence-electron chi connectivity index (χ1n) is 18.8. The summed E-state index contributed by atoms with van der Waals surface area (Å²) in [6.45, 7) is 14.6. The lowest BCUT2D eigenvalue weighted by Crippen LogP contribution is -1.99. The lowest BCUT2D eigenvalue weighted by molar-refractivity contribution is 0.832. The van der Waals surface area contributed by atoms with Crippen molar-refractivity contribution in [1.82, 2.24) is 4.57 Å². The summed E-state index contributed by atoms with van der Waals surface area (Å²) in [5, 5.41) is 6.00. The Morgan fingerprint density at radius 1 is 0.796 bits per heavy atom. The van der Waals surface area contributed by atoms with Gasteiger partial charge in [-0.2, -0.15) is 0 Å². The smallest absolute Gasteiger partial charge is 0.0541 e. The first-order valence-corrected chi connectivity index (χ1v) is 18.8. The van der Waals surface area contributed by atoms with Crippen LogP contribution in [0.3, 0.4) is 0 Å². The van der Waals surface area contributed by atoms with Gasteiger partial charge >= 0.3 is 0 Å². The van der Waals surface area contributed by atoms with E-state index in [-0.39, 0.29) is 0 Å². The summed E-state index contributed by atoms with van der Waals surface area (Å²) < 4.78 is 2.35. The second-order valence-corrected chi connectivity index (χ2v) is 13.5. The molecule has 0 fully saturated rings.